The molecule has 0 saturated carbocycles. The van der Waals surface area contributed by atoms with E-state index in [1.807, 2.05) is 36.4 Å². The number of carbonyl (C=O) groups is 2. The molecule has 25 heteroatoms. The normalized spacial score (nSPS) is 16.9. The molecule has 4 aromatic carbocycles. The van der Waals surface area contributed by atoms with Crippen molar-refractivity contribution in [2.75, 3.05) is 49.0 Å². The molecule has 3 aliphatic rings. The third kappa shape index (κ3) is 16.7. The van der Waals surface area contributed by atoms with Crippen LogP contribution >= 0.6 is 35.8 Å². The summed E-state index contributed by atoms with van der Waals surface area (Å²) in [4.78, 5) is 26.0. The third-order valence-electron chi connectivity index (χ3n) is 15.3. The summed E-state index contributed by atoms with van der Waals surface area (Å²) >= 11 is 3.46. The molecule has 0 aromatic heterocycles. The zero-order valence-electron chi connectivity index (χ0n) is 47.8. The molecule has 0 bridgehead atoms. The zero-order valence-corrected chi connectivity index (χ0v) is 51.9. The van der Waals surface area contributed by atoms with Crippen molar-refractivity contribution >= 4 is 107 Å². The van der Waals surface area contributed by atoms with E-state index in [4.69, 9.17) is 29.4 Å². The predicted octanol–water partition coefficient (Wildman–Crippen LogP) is 13.6. The number of allylic oxidation sites excluding steroid dienone is 7. The van der Waals surface area contributed by atoms with Crippen LogP contribution in [0.5, 0.6) is 11.5 Å². The van der Waals surface area contributed by atoms with Crippen LogP contribution in [0.3, 0.4) is 0 Å². The Bertz CT molecular complexity index is 3450. The largest absolute Gasteiger partial charge is 0.493 e. The molecular weight excluding hydrogens is 1180 g/mol. The maximum Gasteiger partial charge on any atom is 0.303 e. The van der Waals surface area contributed by atoms with E-state index in [0.29, 0.717) is 98.2 Å². The molecular formula is C59H75N2O18S5+. The van der Waals surface area contributed by atoms with Gasteiger partial charge in [-0.2, -0.15) is 21.4 Å². The minimum Gasteiger partial charge on any atom is -0.493 e. The van der Waals surface area contributed by atoms with E-state index < -0.39 is 43.0 Å². The first-order valence-electron chi connectivity index (χ1n) is 27.9. The van der Waals surface area contributed by atoms with Crippen molar-refractivity contribution in [3.63, 3.8) is 0 Å². The van der Waals surface area contributed by atoms with E-state index in [1.165, 1.54) is 12.1 Å². The molecule has 0 radical (unpaired) electrons. The Kier molecular flexibility index (Phi) is 23.8. The predicted molar refractivity (Wildman–Crippen MR) is 327 cm³/mol. The highest BCUT2D eigenvalue weighted by molar-refractivity contribution is 8.02. The molecule has 0 amide bonds. The van der Waals surface area contributed by atoms with Crippen LogP contribution in [-0.2, 0) is 59.4 Å². The number of carboxylic acids is 2. The van der Waals surface area contributed by atoms with Crippen LogP contribution in [-0.4, -0.2) is 113 Å². The molecule has 0 fully saturated rings. The number of hydrogen-bond donors (Lipinski definition) is 6. The highest BCUT2D eigenvalue weighted by atomic mass is 32.2. The number of ether oxygens (including phenoxy) is 2. The fourth-order valence-electron chi connectivity index (χ4n) is 11.6. The number of unbranched alkanes of at least 4 members (excludes halogenated alkanes) is 6. The van der Waals surface area contributed by atoms with Crippen molar-refractivity contribution in [2.45, 2.75) is 145 Å². The summed E-state index contributed by atoms with van der Waals surface area (Å²) in [5, 5.41) is 46.7. The second-order valence-corrected chi connectivity index (χ2v) is 27.2. The Morgan fingerprint density at radius 3 is 2.01 bits per heavy atom. The van der Waals surface area contributed by atoms with E-state index in [1.54, 1.807) is 11.8 Å². The Balaban J connectivity index is 1.29. The van der Waals surface area contributed by atoms with Gasteiger partial charge in [0.15, 0.2) is 5.71 Å². The first kappa shape index (κ1) is 66.5. The molecule has 0 spiro atoms. The van der Waals surface area contributed by atoms with Crippen LogP contribution in [0.4, 0.5) is 11.4 Å². The fraction of sp³-hybridized carbons (Fsp3) is 0.475. The number of benzene rings is 4. The molecule has 2 aliphatic heterocycles. The summed E-state index contributed by atoms with van der Waals surface area (Å²) in [6.45, 7) is 10.1. The number of thioether (sulfide) groups is 1. The molecule has 1 aliphatic carbocycles. The first-order chi connectivity index (χ1) is 40.0. The summed E-state index contributed by atoms with van der Waals surface area (Å²) in [7, 11) is -8.82. The van der Waals surface area contributed by atoms with Gasteiger partial charge in [0, 0.05) is 99.2 Å². The minimum absolute atomic E-state index is 0.0242. The molecule has 0 saturated heterocycles. The van der Waals surface area contributed by atoms with Crippen LogP contribution in [0.1, 0.15) is 135 Å². The van der Waals surface area contributed by atoms with Crippen molar-refractivity contribution in [3.05, 3.63) is 106 Å². The number of rotatable bonds is 34. The molecule has 0 unspecified atom stereocenters. The van der Waals surface area contributed by atoms with Crippen LogP contribution in [0, 0.1) is 0 Å². The lowest BCUT2D eigenvalue weighted by Gasteiger charge is -2.28. The van der Waals surface area contributed by atoms with E-state index in [9.17, 15) is 40.6 Å². The number of nitrogens with zero attached hydrogens (tertiary/aromatic N) is 2. The standard InChI is InChI=1S/C59H74N2O18S5/c1-58(2)50(61(30-11-15-34-83(68,69)70)45-25-21-41-35-43(82-79-77-67)37-47(53(41)55(45)58)74-31-12-6-8-19-51(62)63)28-24-40-18-16-17-39(57(40)80-5)23-27-49-59(3,4)56-46(60(49)29-10-14-33-81-78-76-66)26-22-42-36-44(84(71,72)73)38-48(54(42)56)75-32-13-7-9-20-52(64)65/h21-28,35-38H,6-20,29-34H2,1-5H3,(H5-,62,63,64,65,66,67,68,69,70,71,72,73)/p+1. The zero-order chi connectivity index (χ0) is 60.8. The third-order valence-corrected chi connectivity index (χ3v) is 19.1. The number of carboxylic acid groups (broad SMARTS) is 2. The van der Waals surface area contributed by atoms with E-state index in [-0.39, 0.29) is 42.3 Å². The van der Waals surface area contributed by atoms with Crippen LogP contribution in [0.25, 0.3) is 21.5 Å². The van der Waals surface area contributed by atoms with Gasteiger partial charge in [-0.25, -0.2) is 10.5 Å². The van der Waals surface area contributed by atoms with Gasteiger partial charge >= 0.3 is 11.9 Å². The molecule has 458 valence electrons. The molecule has 0 atom stereocenters. The smallest absolute Gasteiger partial charge is 0.303 e. The monoisotopic (exact) mass is 1260 g/mol. The van der Waals surface area contributed by atoms with Crippen LogP contribution in [0.15, 0.2) is 104 Å². The van der Waals surface area contributed by atoms with Crippen molar-refractivity contribution in [1.29, 1.82) is 0 Å². The Hall–Kier alpha value is -5.00. The van der Waals surface area contributed by atoms with Gasteiger partial charge in [0.05, 0.1) is 46.9 Å². The van der Waals surface area contributed by atoms with Crippen molar-refractivity contribution in [3.8, 4) is 11.5 Å². The molecule has 7 rings (SSSR count). The molecule has 4 aromatic rings. The summed E-state index contributed by atoms with van der Waals surface area (Å²) in [6, 6.07) is 14.3. The molecule has 84 heavy (non-hydrogen) atoms. The van der Waals surface area contributed by atoms with Crippen molar-refractivity contribution in [2.24, 2.45) is 0 Å². The lowest BCUT2D eigenvalue weighted by atomic mass is 9.78. The van der Waals surface area contributed by atoms with Crippen LogP contribution < -0.4 is 14.4 Å². The number of fused-ring (bicyclic) bond motifs is 6. The number of anilines is 1. The average molecular weight is 1260 g/mol. The topological polar surface area (TPSA) is 285 Å². The average Bonchev–Trinajstić information content (AvgIpc) is 3.80. The summed E-state index contributed by atoms with van der Waals surface area (Å²) in [6.07, 6.45) is 18.8. The van der Waals surface area contributed by atoms with E-state index >= 15 is 0 Å². The van der Waals surface area contributed by atoms with Gasteiger partial charge in [0.1, 0.15) is 18.0 Å². The van der Waals surface area contributed by atoms with E-state index in [2.05, 4.69) is 82.1 Å². The van der Waals surface area contributed by atoms with Gasteiger partial charge in [-0.3, -0.25) is 18.7 Å². The van der Waals surface area contributed by atoms with Gasteiger partial charge in [0.2, 0.25) is 5.69 Å². The highest BCUT2D eigenvalue weighted by Gasteiger charge is 2.47. The number of hydrogen-bond acceptors (Lipinski definition) is 18. The van der Waals surface area contributed by atoms with Gasteiger partial charge in [-0.1, -0.05) is 42.1 Å². The SMILES string of the molecule is CSC1=C(/C=C/C2=[N+](CCCCS(=O)(=O)O)c3ccc4cc(SOOO)cc(OCCCCCC(=O)O)c4c3C2(C)C)CCC/C1=C\C=C1\N(CCCCSOOO)c2ccc3cc(S(=O)(=O)O)cc(OCCCCCC(=O)O)c3c2C1(C)C. The van der Waals surface area contributed by atoms with Gasteiger partial charge in [-0.05, 0) is 161 Å². The lowest BCUT2D eigenvalue weighted by molar-refractivity contribution is -0.438. The number of aliphatic carboxylic acids is 2. The Morgan fingerprint density at radius 2 is 1.37 bits per heavy atom. The fourth-order valence-corrected chi connectivity index (χ4v) is 14.4. The summed E-state index contributed by atoms with van der Waals surface area (Å²) < 4.78 is 93.5. The van der Waals surface area contributed by atoms with Crippen LogP contribution in [0.2, 0.25) is 0 Å². The summed E-state index contributed by atoms with van der Waals surface area (Å²) in [5.74, 6) is -0.725. The van der Waals surface area contributed by atoms with Crippen molar-refractivity contribution < 1.29 is 89.1 Å². The van der Waals surface area contributed by atoms with Gasteiger partial charge in [-0.15, -0.1) is 20.4 Å². The molecule has 2 heterocycles. The quantitative estimate of drug-likeness (QED) is 0.00633. The summed E-state index contributed by atoms with van der Waals surface area (Å²) in [5.41, 5.74) is 6.60. The second kappa shape index (κ2) is 30.1. The Morgan fingerprint density at radius 1 is 0.714 bits per heavy atom. The van der Waals surface area contributed by atoms with E-state index in [0.717, 1.165) is 111 Å². The second-order valence-electron chi connectivity index (χ2n) is 21.9. The van der Waals surface area contributed by atoms with Crippen molar-refractivity contribution in [1.82, 2.24) is 0 Å². The van der Waals surface area contributed by atoms with Gasteiger partial charge in [0.25, 0.3) is 20.2 Å². The molecule has 20 nitrogen and oxygen atoms in total. The maximum absolute atomic E-state index is 12.6. The molecule has 6 N–H and O–H groups in total. The lowest BCUT2D eigenvalue weighted by Crippen LogP contribution is -2.28. The van der Waals surface area contributed by atoms with Gasteiger partial charge < -0.3 is 24.6 Å². The minimum atomic E-state index is -4.63. The first-order valence-corrected chi connectivity index (χ1v) is 33.8. The maximum atomic E-state index is 12.6. The highest BCUT2D eigenvalue weighted by Crippen LogP contribution is 2.54. The Labute approximate surface area is 503 Å².